The van der Waals surface area contributed by atoms with Gasteiger partial charge in [-0.2, -0.15) is 0 Å². The van der Waals surface area contributed by atoms with E-state index in [1.165, 1.54) is 12.1 Å². The fourth-order valence-electron chi connectivity index (χ4n) is 3.30. The van der Waals surface area contributed by atoms with Gasteiger partial charge < -0.3 is 14.6 Å². The number of thiophene rings is 1. The predicted molar refractivity (Wildman–Crippen MR) is 99.4 cm³/mol. The summed E-state index contributed by atoms with van der Waals surface area (Å²) in [5.41, 5.74) is 3.73. The Bertz CT molecular complexity index is 963. The van der Waals surface area contributed by atoms with E-state index < -0.39 is 0 Å². The highest BCUT2D eigenvalue weighted by Crippen LogP contribution is 2.43. The molecule has 128 valence electrons. The molecule has 0 aliphatic carbocycles. The van der Waals surface area contributed by atoms with Crippen molar-refractivity contribution < 1.29 is 9.13 Å². The first-order chi connectivity index (χ1) is 12.2. The second-order valence-corrected chi connectivity index (χ2v) is 7.41. The number of benzene rings is 1. The van der Waals surface area contributed by atoms with Gasteiger partial charge in [-0.1, -0.05) is 0 Å². The van der Waals surface area contributed by atoms with Crippen LogP contribution in [0.2, 0.25) is 0 Å². The fourth-order valence-corrected chi connectivity index (χ4v) is 4.46. The van der Waals surface area contributed by atoms with Gasteiger partial charge >= 0.3 is 0 Å². The first-order valence-electron chi connectivity index (χ1n) is 8.25. The summed E-state index contributed by atoms with van der Waals surface area (Å²) >= 11 is 1.68. The quantitative estimate of drug-likeness (QED) is 0.694. The summed E-state index contributed by atoms with van der Waals surface area (Å²) in [5, 5.41) is 1.91. The molecule has 0 atom stereocenters. The van der Waals surface area contributed by atoms with Crippen LogP contribution in [-0.4, -0.2) is 31.3 Å². The zero-order valence-corrected chi connectivity index (χ0v) is 14.8. The zero-order chi connectivity index (χ0) is 17.4. The standard InChI is InChI=1S/C19H18FN3OS/c1-12-16(11-15-10-13-9-14(20)3-4-17(13)22-15)18(21-2)19(25-12)23-5-7-24-8-6-23/h3-4,9-10,22H,5-8,11H2,1H3. The topological polar surface area (TPSA) is 32.6 Å². The maximum absolute atomic E-state index is 13.4. The Balaban J connectivity index is 1.69. The monoisotopic (exact) mass is 355 g/mol. The van der Waals surface area contributed by atoms with Gasteiger partial charge in [-0.05, 0) is 41.6 Å². The molecule has 0 unspecified atom stereocenters. The van der Waals surface area contributed by atoms with Gasteiger partial charge in [0.15, 0.2) is 0 Å². The number of rotatable bonds is 3. The second-order valence-electron chi connectivity index (χ2n) is 6.20. The van der Waals surface area contributed by atoms with E-state index in [0.717, 1.165) is 50.8 Å². The van der Waals surface area contributed by atoms with E-state index in [-0.39, 0.29) is 5.82 Å². The molecule has 1 N–H and O–H groups in total. The molecule has 0 amide bonds. The lowest BCUT2D eigenvalue weighted by atomic mass is 10.1. The summed E-state index contributed by atoms with van der Waals surface area (Å²) in [6.45, 7) is 12.8. The minimum Gasteiger partial charge on any atom is -0.378 e. The number of hydrogen-bond donors (Lipinski definition) is 1. The Morgan fingerprint density at radius 3 is 2.88 bits per heavy atom. The van der Waals surface area contributed by atoms with Gasteiger partial charge in [0.2, 0.25) is 5.69 Å². The molecule has 1 aliphatic heterocycles. The van der Waals surface area contributed by atoms with Crippen LogP contribution in [0.4, 0.5) is 15.1 Å². The number of morpholine rings is 1. The lowest BCUT2D eigenvalue weighted by molar-refractivity contribution is 0.123. The van der Waals surface area contributed by atoms with Crippen LogP contribution in [0.25, 0.3) is 15.7 Å². The largest absolute Gasteiger partial charge is 0.378 e. The minimum atomic E-state index is -0.235. The lowest BCUT2D eigenvalue weighted by Gasteiger charge is -2.28. The summed E-state index contributed by atoms with van der Waals surface area (Å²) in [4.78, 5) is 10.6. The third-order valence-electron chi connectivity index (χ3n) is 4.58. The average molecular weight is 355 g/mol. The van der Waals surface area contributed by atoms with E-state index in [1.807, 2.05) is 6.07 Å². The molecule has 0 bridgehead atoms. The smallest absolute Gasteiger partial charge is 0.224 e. The number of hydrogen-bond acceptors (Lipinski definition) is 3. The van der Waals surface area contributed by atoms with Crippen molar-refractivity contribution in [1.29, 1.82) is 0 Å². The van der Waals surface area contributed by atoms with Crippen molar-refractivity contribution in [3.63, 3.8) is 0 Å². The Morgan fingerprint density at radius 2 is 2.12 bits per heavy atom. The molecule has 0 saturated carbocycles. The molecule has 0 spiro atoms. The molecule has 1 aliphatic rings. The van der Waals surface area contributed by atoms with Crippen molar-refractivity contribution in [3.8, 4) is 0 Å². The van der Waals surface area contributed by atoms with E-state index in [4.69, 9.17) is 11.3 Å². The van der Waals surface area contributed by atoms with Crippen molar-refractivity contribution in [2.24, 2.45) is 0 Å². The van der Waals surface area contributed by atoms with Gasteiger partial charge in [0.25, 0.3) is 0 Å². The van der Waals surface area contributed by atoms with E-state index in [2.05, 4.69) is 21.7 Å². The predicted octanol–water partition coefficient (Wildman–Crippen LogP) is 4.66. The van der Waals surface area contributed by atoms with Crippen molar-refractivity contribution in [3.05, 3.63) is 57.6 Å². The number of ether oxygens (including phenoxy) is 1. The number of H-pyrrole nitrogens is 1. The highest BCUT2D eigenvalue weighted by Gasteiger charge is 2.22. The first-order valence-corrected chi connectivity index (χ1v) is 9.07. The summed E-state index contributed by atoms with van der Waals surface area (Å²) in [7, 11) is 0. The Kier molecular flexibility index (Phi) is 4.20. The molecule has 6 heteroatoms. The third kappa shape index (κ3) is 3.01. The first kappa shape index (κ1) is 16.1. The summed E-state index contributed by atoms with van der Waals surface area (Å²) in [5.74, 6) is -0.235. The number of nitrogens with one attached hydrogen (secondary N) is 1. The van der Waals surface area contributed by atoms with E-state index >= 15 is 0 Å². The Labute approximate surface area is 149 Å². The summed E-state index contributed by atoms with van der Waals surface area (Å²) in [6, 6.07) is 6.71. The molecular weight excluding hydrogens is 337 g/mol. The molecule has 4 rings (SSSR count). The highest BCUT2D eigenvalue weighted by molar-refractivity contribution is 7.17. The van der Waals surface area contributed by atoms with Crippen LogP contribution in [-0.2, 0) is 11.2 Å². The van der Waals surface area contributed by atoms with Crippen LogP contribution in [0, 0.1) is 19.3 Å². The molecule has 1 saturated heterocycles. The maximum atomic E-state index is 13.4. The minimum absolute atomic E-state index is 0.235. The van der Waals surface area contributed by atoms with Gasteiger partial charge in [0, 0.05) is 36.1 Å². The zero-order valence-electron chi connectivity index (χ0n) is 13.9. The Hall–Kier alpha value is -2.36. The van der Waals surface area contributed by atoms with E-state index in [1.54, 1.807) is 17.4 Å². The number of aromatic nitrogens is 1. The van der Waals surface area contributed by atoms with Gasteiger partial charge in [-0.3, -0.25) is 0 Å². The van der Waals surface area contributed by atoms with Crippen LogP contribution in [0.1, 0.15) is 16.1 Å². The SMILES string of the molecule is [C-]#[N+]c1c(N2CCOCC2)sc(C)c1Cc1cc2cc(F)ccc2[nH]1. The van der Waals surface area contributed by atoms with Crippen molar-refractivity contribution in [2.45, 2.75) is 13.3 Å². The van der Waals surface area contributed by atoms with Crippen molar-refractivity contribution in [2.75, 3.05) is 31.2 Å². The maximum Gasteiger partial charge on any atom is 0.224 e. The number of halogens is 1. The van der Waals surface area contributed by atoms with E-state index in [9.17, 15) is 4.39 Å². The molecule has 4 nitrogen and oxygen atoms in total. The number of fused-ring (bicyclic) bond motifs is 1. The van der Waals surface area contributed by atoms with Gasteiger partial charge in [-0.15, -0.1) is 11.3 Å². The van der Waals surface area contributed by atoms with Crippen LogP contribution in [0.15, 0.2) is 24.3 Å². The Morgan fingerprint density at radius 1 is 1.32 bits per heavy atom. The second kappa shape index (κ2) is 6.51. The molecule has 3 heterocycles. The van der Waals surface area contributed by atoms with Crippen LogP contribution < -0.4 is 4.90 Å². The fraction of sp³-hybridized carbons (Fsp3) is 0.316. The molecule has 3 aromatic rings. The van der Waals surface area contributed by atoms with Crippen molar-refractivity contribution in [1.82, 2.24) is 4.98 Å². The highest BCUT2D eigenvalue weighted by atomic mass is 32.1. The molecular formula is C19H18FN3OS. The van der Waals surface area contributed by atoms with Crippen molar-refractivity contribution >= 4 is 32.9 Å². The van der Waals surface area contributed by atoms with Crippen LogP contribution in [0.3, 0.4) is 0 Å². The number of nitrogens with zero attached hydrogens (tertiary/aromatic N) is 2. The molecule has 0 radical (unpaired) electrons. The van der Waals surface area contributed by atoms with Gasteiger partial charge in [0.1, 0.15) is 5.82 Å². The van der Waals surface area contributed by atoms with Crippen LogP contribution >= 0.6 is 11.3 Å². The van der Waals surface area contributed by atoms with Crippen LogP contribution in [0.5, 0.6) is 0 Å². The summed E-state index contributed by atoms with van der Waals surface area (Å²) in [6.07, 6.45) is 0.653. The summed E-state index contributed by atoms with van der Waals surface area (Å²) < 4.78 is 18.8. The number of aromatic amines is 1. The molecule has 1 fully saturated rings. The third-order valence-corrected chi connectivity index (χ3v) is 5.78. The average Bonchev–Trinajstić information content (AvgIpc) is 3.16. The molecule has 25 heavy (non-hydrogen) atoms. The normalized spacial score (nSPS) is 14.8. The van der Waals surface area contributed by atoms with E-state index in [0.29, 0.717) is 19.6 Å². The number of aryl methyl sites for hydroxylation is 1. The lowest BCUT2D eigenvalue weighted by Crippen LogP contribution is -2.35. The number of anilines is 1. The molecule has 1 aromatic carbocycles. The van der Waals surface area contributed by atoms with Gasteiger partial charge in [-0.25, -0.2) is 9.24 Å². The van der Waals surface area contributed by atoms with Gasteiger partial charge in [0.05, 0.1) is 24.8 Å². The molecule has 2 aromatic heterocycles.